The number of alkyl halides is 3. The molecule has 2 heterocycles. The molecule has 0 bridgehead atoms. The van der Waals surface area contributed by atoms with Crippen LogP contribution in [-0.4, -0.2) is 26.6 Å². The Bertz CT molecular complexity index is 1260. The average Bonchev–Trinajstić information content (AvgIpc) is 3.35. The molecule has 4 aromatic rings. The summed E-state index contributed by atoms with van der Waals surface area (Å²) >= 11 is 0. The first-order valence-electron chi connectivity index (χ1n) is 8.67. The van der Waals surface area contributed by atoms with Crippen LogP contribution in [0.2, 0.25) is 0 Å². The Labute approximate surface area is 167 Å². The van der Waals surface area contributed by atoms with Crippen molar-refractivity contribution in [2.45, 2.75) is 6.18 Å². The summed E-state index contributed by atoms with van der Waals surface area (Å²) in [5.74, 6) is -2.03. The number of carbonyl (C=O) groups is 2. The molecule has 0 aliphatic heterocycles. The smallest absolute Gasteiger partial charge is 0.361 e. The number of carbonyl (C=O) groups excluding carboxylic acids is 2. The maximum absolute atomic E-state index is 12.7. The average molecular weight is 413 g/mol. The Morgan fingerprint density at radius 3 is 2.47 bits per heavy atom. The van der Waals surface area contributed by atoms with E-state index in [-0.39, 0.29) is 0 Å². The topological polar surface area (TPSA) is 106 Å². The first-order chi connectivity index (χ1) is 14.2. The van der Waals surface area contributed by atoms with Gasteiger partial charge in [0.25, 0.3) is 0 Å². The molecule has 0 unspecified atom stereocenters. The van der Waals surface area contributed by atoms with E-state index in [1.54, 1.807) is 30.7 Å². The van der Waals surface area contributed by atoms with E-state index in [1.165, 1.54) is 16.8 Å². The molecule has 0 saturated heterocycles. The highest BCUT2D eigenvalue weighted by Gasteiger charge is 2.30. The van der Waals surface area contributed by atoms with Crippen LogP contribution in [0, 0.1) is 0 Å². The second-order valence-electron chi connectivity index (χ2n) is 6.50. The Hall–Kier alpha value is -4.08. The molecule has 0 radical (unpaired) electrons. The molecule has 0 aliphatic rings. The minimum atomic E-state index is -4.40. The van der Waals surface area contributed by atoms with Crippen LogP contribution >= 0.6 is 0 Å². The molecule has 2 aromatic carbocycles. The summed E-state index contributed by atoms with van der Waals surface area (Å²) in [4.78, 5) is 25.5. The van der Waals surface area contributed by atoms with Crippen molar-refractivity contribution < 1.29 is 22.8 Å². The third-order valence-corrected chi connectivity index (χ3v) is 4.53. The van der Waals surface area contributed by atoms with E-state index < -0.39 is 23.6 Å². The Kier molecular flexibility index (Phi) is 4.53. The van der Waals surface area contributed by atoms with Crippen LogP contribution < -0.4 is 11.1 Å². The first kappa shape index (κ1) is 19.2. The van der Waals surface area contributed by atoms with Gasteiger partial charge in [0, 0.05) is 28.9 Å². The molecular formula is C20H14F3N5O2. The number of benzene rings is 2. The molecule has 30 heavy (non-hydrogen) atoms. The summed E-state index contributed by atoms with van der Waals surface area (Å²) in [7, 11) is 0. The van der Waals surface area contributed by atoms with Gasteiger partial charge in [-0.15, -0.1) is 0 Å². The minimum Gasteiger partial charge on any atom is -0.361 e. The molecule has 0 aliphatic carbocycles. The number of hydrogen-bond donors (Lipinski definition) is 3. The third kappa shape index (κ3) is 3.62. The molecule has 4 N–H and O–H groups in total. The largest absolute Gasteiger partial charge is 0.416 e. The van der Waals surface area contributed by atoms with Crippen LogP contribution in [0.25, 0.3) is 27.7 Å². The maximum Gasteiger partial charge on any atom is 0.416 e. The van der Waals surface area contributed by atoms with Gasteiger partial charge in [0.15, 0.2) is 0 Å². The van der Waals surface area contributed by atoms with Crippen molar-refractivity contribution >= 4 is 28.4 Å². The van der Waals surface area contributed by atoms with Crippen LogP contribution in [0.15, 0.2) is 61.1 Å². The van der Waals surface area contributed by atoms with Gasteiger partial charge in [0.2, 0.25) is 0 Å². The fraction of sp³-hybridized carbons (Fsp3) is 0.0500. The van der Waals surface area contributed by atoms with Crippen molar-refractivity contribution in [2.24, 2.45) is 5.73 Å². The Morgan fingerprint density at radius 1 is 1.07 bits per heavy atom. The monoisotopic (exact) mass is 413 g/mol. The molecule has 10 heteroatoms. The van der Waals surface area contributed by atoms with Crippen molar-refractivity contribution in [2.75, 3.05) is 5.32 Å². The van der Waals surface area contributed by atoms with Gasteiger partial charge in [-0.25, -0.2) is 4.68 Å². The number of rotatable bonds is 3. The lowest BCUT2D eigenvalue weighted by Crippen LogP contribution is -2.29. The van der Waals surface area contributed by atoms with E-state index in [1.807, 2.05) is 6.07 Å². The number of primary amides is 1. The minimum absolute atomic E-state index is 0.394. The predicted octanol–water partition coefficient (Wildman–Crippen LogP) is 3.46. The lowest BCUT2D eigenvalue weighted by Gasteiger charge is -2.07. The molecular weight excluding hydrogens is 399 g/mol. The second kappa shape index (κ2) is 7.07. The van der Waals surface area contributed by atoms with E-state index in [0.29, 0.717) is 22.3 Å². The summed E-state index contributed by atoms with van der Waals surface area (Å²) in [6, 6.07) is 10.1. The number of amides is 2. The maximum atomic E-state index is 12.7. The number of nitrogens with two attached hydrogens (primary N) is 1. The van der Waals surface area contributed by atoms with E-state index in [2.05, 4.69) is 15.4 Å². The highest BCUT2D eigenvalue weighted by Crippen LogP contribution is 2.31. The van der Waals surface area contributed by atoms with E-state index >= 15 is 0 Å². The zero-order valence-electron chi connectivity index (χ0n) is 15.2. The lowest BCUT2D eigenvalue weighted by molar-refractivity contribution is -0.137. The van der Waals surface area contributed by atoms with Gasteiger partial charge in [-0.05, 0) is 42.0 Å². The van der Waals surface area contributed by atoms with Gasteiger partial charge < -0.3 is 16.0 Å². The third-order valence-electron chi connectivity index (χ3n) is 4.53. The summed E-state index contributed by atoms with van der Waals surface area (Å²) in [6.45, 7) is 0. The van der Waals surface area contributed by atoms with E-state index in [0.717, 1.165) is 23.2 Å². The number of fused-ring (bicyclic) bond motifs is 1. The van der Waals surface area contributed by atoms with Gasteiger partial charge in [-0.1, -0.05) is 6.07 Å². The highest BCUT2D eigenvalue weighted by molar-refractivity contribution is 6.39. The van der Waals surface area contributed by atoms with Gasteiger partial charge in [-0.2, -0.15) is 18.3 Å². The second-order valence-corrected chi connectivity index (χ2v) is 6.50. The molecule has 2 aromatic heterocycles. The Morgan fingerprint density at radius 2 is 1.80 bits per heavy atom. The van der Waals surface area contributed by atoms with E-state index in [4.69, 9.17) is 5.73 Å². The van der Waals surface area contributed by atoms with Crippen LogP contribution in [0.4, 0.5) is 18.9 Å². The number of hydrogen-bond acceptors (Lipinski definition) is 3. The lowest BCUT2D eigenvalue weighted by atomic mass is 10.1. The van der Waals surface area contributed by atoms with Crippen LogP contribution in [0.1, 0.15) is 5.56 Å². The number of halogens is 3. The number of nitrogens with one attached hydrogen (secondary N) is 2. The zero-order chi connectivity index (χ0) is 21.5. The van der Waals surface area contributed by atoms with Gasteiger partial charge in [-0.3, -0.25) is 9.59 Å². The molecule has 152 valence electrons. The van der Waals surface area contributed by atoms with Crippen molar-refractivity contribution in [3.8, 4) is 16.8 Å². The summed E-state index contributed by atoms with van der Waals surface area (Å²) in [5.41, 5.74) is 7.31. The molecule has 7 nitrogen and oxygen atoms in total. The van der Waals surface area contributed by atoms with Crippen molar-refractivity contribution in [1.29, 1.82) is 0 Å². The SMILES string of the molecule is NC(=O)C(=O)Nc1c[nH]c2ccc(-c3cnn(-c4ccc(C(F)(F)F)cc4)c3)cc12. The highest BCUT2D eigenvalue weighted by atomic mass is 19.4. The number of aromatic amines is 1. The number of aromatic nitrogens is 3. The molecule has 0 saturated carbocycles. The quantitative estimate of drug-likeness (QED) is 0.448. The normalized spacial score (nSPS) is 11.6. The molecule has 2 amide bonds. The summed E-state index contributed by atoms with van der Waals surface area (Å²) in [6.07, 6.45) is 0.396. The van der Waals surface area contributed by atoms with Crippen LogP contribution in [0.5, 0.6) is 0 Å². The van der Waals surface area contributed by atoms with Gasteiger partial charge in [0.05, 0.1) is 23.1 Å². The molecule has 0 fully saturated rings. The number of anilines is 1. The van der Waals surface area contributed by atoms with Crippen molar-refractivity contribution in [3.63, 3.8) is 0 Å². The zero-order valence-corrected chi connectivity index (χ0v) is 15.2. The van der Waals surface area contributed by atoms with Crippen molar-refractivity contribution in [3.05, 3.63) is 66.6 Å². The molecule has 4 rings (SSSR count). The standard InChI is InChI=1S/C20H14F3N5O2/c21-20(22,23)13-2-4-14(5-3-13)28-10-12(8-26-28)11-1-6-16-15(7-11)17(9-25-16)27-19(30)18(24)29/h1-10,25H,(H2,24,29)(H,27,30). The number of nitrogens with zero attached hydrogens (tertiary/aromatic N) is 2. The number of H-pyrrole nitrogens is 1. The fourth-order valence-electron chi connectivity index (χ4n) is 3.00. The Balaban J connectivity index is 1.64. The molecule has 0 spiro atoms. The summed E-state index contributed by atoms with van der Waals surface area (Å²) < 4.78 is 39.6. The fourth-order valence-corrected chi connectivity index (χ4v) is 3.00. The summed E-state index contributed by atoms with van der Waals surface area (Å²) in [5, 5.41) is 7.30. The van der Waals surface area contributed by atoms with Crippen LogP contribution in [0.3, 0.4) is 0 Å². The van der Waals surface area contributed by atoms with Crippen LogP contribution in [-0.2, 0) is 15.8 Å². The molecule has 0 atom stereocenters. The van der Waals surface area contributed by atoms with Gasteiger partial charge >= 0.3 is 18.0 Å². The van der Waals surface area contributed by atoms with Gasteiger partial charge in [0.1, 0.15) is 0 Å². The van der Waals surface area contributed by atoms with Crippen molar-refractivity contribution in [1.82, 2.24) is 14.8 Å². The predicted molar refractivity (Wildman–Crippen MR) is 104 cm³/mol. The van der Waals surface area contributed by atoms with E-state index in [9.17, 15) is 22.8 Å². The first-order valence-corrected chi connectivity index (χ1v) is 8.67.